The molecular formula is C22H27N5O3S2. The molecule has 0 radical (unpaired) electrons. The summed E-state index contributed by atoms with van der Waals surface area (Å²) in [5, 5.41) is 13.8. The number of methoxy groups -OCH3 is 1. The van der Waals surface area contributed by atoms with Crippen LogP contribution >= 0.6 is 23.1 Å². The Hall–Kier alpha value is -2.85. The van der Waals surface area contributed by atoms with Crippen LogP contribution in [0.15, 0.2) is 40.9 Å². The number of rotatable bonds is 10. The van der Waals surface area contributed by atoms with Crippen LogP contribution in [0.3, 0.4) is 0 Å². The maximum Gasteiger partial charge on any atom is 0.350 e. The van der Waals surface area contributed by atoms with Gasteiger partial charge in [-0.05, 0) is 56.5 Å². The molecule has 0 spiro atoms. The summed E-state index contributed by atoms with van der Waals surface area (Å²) in [6, 6.07) is 9.98. The van der Waals surface area contributed by atoms with Crippen LogP contribution in [0.5, 0.6) is 0 Å². The van der Waals surface area contributed by atoms with E-state index >= 15 is 0 Å². The first-order valence-corrected chi connectivity index (χ1v) is 12.3. The molecular weight excluding hydrogens is 446 g/mol. The second-order valence-corrected chi connectivity index (χ2v) is 8.62. The van der Waals surface area contributed by atoms with Gasteiger partial charge in [0.05, 0.1) is 18.6 Å². The fraction of sp³-hybridized carbons (Fsp3) is 0.364. The number of carbonyl (C=O) groups excluding carboxylic acids is 2. The average Bonchev–Trinajstić information content (AvgIpc) is 3.45. The van der Waals surface area contributed by atoms with Crippen molar-refractivity contribution < 1.29 is 14.3 Å². The minimum atomic E-state index is -0.467. The Labute approximate surface area is 196 Å². The minimum absolute atomic E-state index is 0.148. The van der Waals surface area contributed by atoms with Gasteiger partial charge in [0.15, 0.2) is 11.0 Å². The summed E-state index contributed by atoms with van der Waals surface area (Å²) in [4.78, 5) is 26.9. The third-order valence-corrected chi connectivity index (χ3v) is 6.79. The van der Waals surface area contributed by atoms with Crippen molar-refractivity contribution in [1.82, 2.24) is 14.8 Å². The Bertz CT molecular complexity index is 1060. The Morgan fingerprint density at radius 3 is 2.47 bits per heavy atom. The van der Waals surface area contributed by atoms with Crippen LogP contribution in [0.25, 0.3) is 11.4 Å². The third-order valence-electron chi connectivity index (χ3n) is 4.93. The molecule has 0 saturated carbocycles. The number of aromatic nitrogens is 3. The normalized spacial score (nSPS) is 10.8. The van der Waals surface area contributed by atoms with Crippen molar-refractivity contribution in [3.63, 3.8) is 0 Å². The summed E-state index contributed by atoms with van der Waals surface area (Å²) in [6.07, 6.45) is 0. The van der Waals surface area contributed by atoms with Crippen LogP contribution in [0.1, 0.15) is 30.4 Å². The van der Waals surface area contributed by atoms with Gasteiger partial charge >= 0.3 is 5.97 Å². The molecule has 3 rings (SSSR count). The lowest BCUT2D eigenvalue weighted by Crippen LogP contribution is -2.21. The number of ether oxygens (including phenoxy) is 1. The van der Waals surface area contributed by atoms with Gasteiger partial charge in [-0.2, -0.15) is 0 Å². The van der Waals surface area contributed by atoms with Crippen molar-refractivity contribution >= 4 is 46.3 Å². The molecule has 32 heavy (non-hydrogen) atoms. The van der Waals surface area contributed by atoms with E-state index in [-0.39, 0.29) is 11.7 Å². The molecule has 10 heteroatoms. The fourth-order valence-electron chi connectivity index (χ4n) is 3.28. The zero-order chi connectivity index (χ0) is 23.1. The number of thioether (sulfide) groups is 1. The van der Waals surface area contributed by atoms with Crippen LogP contribution in [-0.4, -0.2) is 52.6 Å². The molecule has 2 heterocycles. The Kier molecular flexibility index (Phi) is 8.29. The van der Waals surface area contributed by atoms with E-state index in [4.69, 9.17) is 4.74 Å². The van der Waals surface area contributed by atoms with Crippen molar-refractivity contribution in [2.75, 3.05) is 36.2 Å². The van der Waals surface area contributed by atoms with Crippen molar-refractivity contribution in [2.45, 2.75) is 32.5 Å². The van der Waals surface area contributed by atoms with Crippen LogP contribution in [0, 0.1) is 0 Å². The molecule has 8 nitrogen and oxygen atoms in total. The summed E-state index contributed by atoms with van der Waals surface area (Å²) >= 11 is 2.53. The standard InChI is InChI=1S/C22H27N5O3S2/c1-5-26(6-2)16-10-8-15(9-11-16)20-24-25-22(27(20)7-3)32-14-18(28)23-17-12-13-31-19(17)21(29)30-4/h8-13H,5-7,14H2,1-4H3,(H,23,28). The number of esters is 1. The number of benzene rings is 1. The number of nitrogens with one attached hydrogen (secondary N) is 1. The Morgan fingerprint density at radius 2 is 1.84 bits per heavy atom. The third kappa shape index (κ3) is 5.31. The number of anilines is 2. The number of hydrogen-bond donors (Lipinski definition) is 1. The van der Waals surface area contributed by atoms with E-state index in [0.717, 1.165) is 24.5 Å². The largest absolute Gasteiger partial charge is 0.465 e. The van der Waals surface area contributed by atoms with Gasteiger partial charge in [0.25, 0.3) is 0 Å². The van der Waals surface area contributed by atoms with Gasteiger partial charge in [-0.15, -0.1) is 21.5 Å². The van der Waals surface area contributed by atoms with E-state index in [1.165, 1.54) is 35.9 Å². The van der Waals surface area contributed by atoms with E-state index in [9.17, 15) is 9.59 Å². The summed E-state index contributed by atoms with van der Waals surface area (Å²) in [5.41, 5.74) is 2.61. The van der Waals surface area contributed by atoms with Crippen molar-refractivity contribution in [3.05, 3.63) is 40.6 Å². The van der Waals surface area contributed by atoms with Gasteiger partial charge < -0.3 is 19.5 Å². The maximum atomic E-state index is 12.4. The lowest BCUT2D eigenvalue weighted by atomic mass is 10.2. The molecule has 0 saturated heterocycles. The second-order valence-electron chi connectivity index (χ2n) is 6.76. The predicted molar refractivity (Wildman–Crippen MR) is 130 cm³/mol. The predicted octanol–water partition coefficient (Wildman–Crippen LogP) is 4.39. The van der Waals surface area contributed by atoms with Gasteiger partial charge in [0.1, 0.15) is 4.88 Å². The first kappa shape index (κ1) is 23.8. The van der Waals surface area contributed by atoms with Crippen LogP contribution in [0.4, 0.5) is 11.4 Å². The molecule has 0 aliphatic rings. The maximum absolute atomic E-state index is 12.4. The summed E-state index contributed by atoms with van der Waals surface area (Å²) < 4.78 is 6.74. The highest BCUT2D eigenvalue weighted by Gasteiger charge is 2.18. The molecule has 0 fully saturated rings. The minimum Gasteiger partial charge on any atom is -0.465 e. The van der Waals surface area contributed by atoms with Crippen LogP contribution in [0.2, 0.25) is 0 Å². The van der Waals surface area contributed by atoms with E-state index in [2.05, 4.69) is 58.5 Å². The highest BCUT2D eigenvalue weighted by Crippen LogP contribution is 2.27. The van der Waals surface area contributed by atoms with Gasteiger partial charge in [-0.3, -0.25) is 4.79 Å². The molecule has 1 N–H and O–H groups in total. The molecule has 0 atom stereocenters. The Balaban J connectivity index is 1.68. The van der Waals surface area contributed by atoms with Crippen LogP contribution < -0.4 is 10.2 Å². The molecule has 1 amide bonds. The second kappa shape index (κ2) is 11.1. The number of carbonyl (C=O) groups is 2. The summed E-state index contributed by atoms with van der Waals surface area (Å²) in [6.45, 7) is 8.89. The zero-order valence-corrected chi connectivity index (χ0v) is 20.3. The summed E-state index contributed by atoms with van der Waals surface area (Å²) in [5.74, 6) is 0.224. The smallest absolute Gasteiger partial charge is 0.350 e. The topological polar surface area (TPSA) is 89.3 Å². The highest BCUT2D eigenvalue weighted by atomic mass is 32.2. The van der Waals surface area contributed by atoms with Gasteiger partial charge in [0.2, 0.25) is 5.91 Å². The number of amides is 1. The van der Waals surface area contributed by atoms with E-state index in [1.54, 1.807) is 11.4 Å². The fourth-order valence-corrected chi connectivity index (χ4v) is 4.85. The lowest BCUT2D eigenvalue weighted by molar-refractivity contribution is -0.113. The van der Waals surface area contributed by atoms with Crippen molar-refractivity contribution in [2.24, 2.45) is 0 Å². The van der Waals surface area contributed by atoms with E-state index in [0.29, 0.717) is 22.3 Å². The molecule has 2 aromatic heterocycles. The highest BCUT2D eigenvalue weighted by molar-refractivity contribution is 7.99. The van der Waals surface area contributed by atoms with Crippen molar-refractivity contribution in [3.8, 4) is 11.4 Å². The zero-order valence-electron chi connectivity index (χ0n) is 18.6. The van der Waals surface area contributed by atoms with Crippen molar-refractivity contribution in [1.29, 1.82) is 0 Å². The lowest BCUT2D eigenvalue weighted by Gasteiger charge is -2.21. The Morgan fingerprint density at radius 1 is 1.12 bits per heavy atom. The molecule has 0 aliphatic heterocycles. The monoisotopic (exact) mass is 473 g/mol. The summed E-state index contributed by atoms with van der Waals surface area (Å²) in [7, 11) is 1.32. The average molecular weight is 474 g/mol. The molecule has 0 bridgehead atoms. The first-order chi connectivity index (χ1) is 15.5. The quantitative estimate of drug-likeness (QED) is 0.345. The number of hydrogen-bond acceptors (Lipinski definition) is 8. The van der Waals surface area contributed by atoms with Crippen LogP contribution in [-0.2, 0) is 16.1 Å². The molecule has 3 aromatic rings. The van der Waals surface area contributed by atoms with E-state index < -0.39 is 5.97 Å². The SMILES string of the molecule is CCN(CC)c1ccc(-c2nnc(SCC(=O)Nc3ccsc3C(=O)OC)n2CC)cc1. The molecule has 0 unspecified atom stereocenters. The van der Waals surface area contributed by atoms with Gasteiger partial charge in [-0.1, -0.05) is 11.8 Å². The first-order valence-electron chi connectivity index (χ1n) is 10.4. The molecule has 170 valence electrons. The molecule has 0 aliphatic carbocycles. The van der Waals surface area contributed by atoms with Gasteiger partial charge in [0, 0.05) is 30.9 Å². The molecule has 1 aromatic carbocycles. The van der Waals surface area contributed by atoms with Gasteiger partial charge in [-0.25, -0.2) is 4.79 Å². The number of thiophene rings is 1. The number of nitrogens with zero attached hydrogens (tertiary/aromatic N) is 4. The van der Waals surface area contributed by atoms with E-state index in [1.807, 2.05) is 11.5 Å².